The summed E-state index contributed by atoms with van der Waals surface area (Å²) in [4.78, 5) is 31.1. The second-order valence-corrected chi connectivity index (χ2v) is 8.93. The van der Waals surface area contributed by atoms with Crippen LogP contribution in [0.2, 0.25) is 0 Å². The molecule has 0 bridgehead atoms. The number of aromatic nitrogens is 2. The fourth-order valence-electron chi connectivity index (χ4n) is 2.98. The van der Waals surface area contributed by atoms with Crippen LogP contribution in [0, 0.1) is 0 Å². The molecule has 8 heteroatoms. The summed E-state index contributed by atoms with van der Waals surface area (Å²) in [5.41, 5.74) is 3.56. The summed E-state index contributed by atoms with van der Waals surface area (Å²) >= 11 is 4.68. The molecule has 0 fully saturated rings. The van der Waals surface area contributed by atoms with E-state index in [1.807, 2.05) is 59.2 Å². The topological polar surface area (TPSA) is 67.2 Å². The summed E-state index contributed by atoms with van der Waals surface area (Å²) in [6, 6.07) is 19.0. The molecule has 6 nitrogen and oxygen atoms in total. The lowest BCUT2D eigenvalue weighted by molar-refractivity contribution is -0.116. The number of likely N-dealkylation sites (N-methyl/N-ethyl adjacent to an activating group) is 1. The van der Waals surface area contributed by atoms with E-state index in [0.717, 1.165) is 20.5 Å². The Morgan fingerprint density at radius 1 is 1.10 bits per heavy atom. The minimum atomic E-state index is -0.252. The summed E-state index contributed by atoms with van der Waals surface area (Å²) in [6.07, 6.45) is 1.78. The van der Waals surface area contributed by atoms with Gasteiger partial charge < -0.3 is 10.2 Å². The summed E-state index contributed by atoms with van der Waals surface area (Å²) in [7, 11) is 1.61. The molecule has 0 radical (unpaired) electrons. The van der Waals surface area contributed by atoms with E-state index in [2.05, 4.69) is 26.2 Å². The zero-order valence-corrected chi connectivity index (χ0v) is 17.9. The molecule has 0 aliphatic rings. The van der Waals surface area contributed by atoms with Crippen molar-refractivity contribution < 1.29 is 9.59 Å². The number of imidazole rings is 1. The van der Waals surface area contributed by atoms with Crippen LogP contribution in [0.3, 0.4) is 0 Å². The van der Waals surface area contributed by atoms with Crippen molar-refractivity contribution in [2.24, 2.45) is 0 Å². The van der Waals surface area contributed by atoms with Crippen molar-refractivity contribution in [3.63, 3.8) is 0 Å². The van der Waals surface area contributed by atoms with E-state index < -0.39 is 0 Å². The van der Waals surface area contributed by atoms with Crippen LogP contribution in [0.15, 0.2) is 70.8 Å². The Hall–Kier alpha value is -2.97. The lowest BCUT2D eigenvalue weighted by Crippen LogP contribution is -2.34. The van der Waals surface area contributed by atoms with Gasteiger partial charge in [0.05, 0.1) is 26.2 Å². The number of fused-ring (bicyclic) bond motifs is 1. The minimum absolute atomic E-state index is 0.0255. The van der Waals surface area contributed by atoms with Gasteiger partial charge in [0.1, 0.15) is 6.33 Å². The number of thiophene rings is 1. The molecule has 0 unspecified atom stereocenters. The zero-order chi connectivity index (χ0) is 20.4. The molecule has 0 atom stereocenters. The molecule has 1 N–H and O–H groups in total. The van der Waals surface area contributed by atoms with Crippen LogP contribution in [0.1, 0.15) is 9.67 Å². The summed E-state index contributed by atoms with van der Waals surface area (Å²) in [5, 5.41) is 2.83. The van der Waals surface area contributed by atoms with Crippen molar-refractivity contribution in [3.8, 4) is 5.69 Å². The van der Waals surface area contributed by atoms with Gasteiger partial charge in [-0.1, -0.05) is 12.1 Å². The first-order chi connectivity index (χ1) is 14.0. The smallest absolute Gasteiger partial charge is 0.264 e. The molecule has 0 spiro atoms. The van der Waals surface area contributed by atoms with E-state index in [4.69, 9.17) is 0 Å². The van der Waals surface area contributed by atoms with Crippen LogP contribution in [0.25, 0.3) is 16.7 Å². The second-order valence-electron chi connectivity index (χ2n) is 6.46. The number of carbonyl (C=O) groups is 2. The number of para-hydroxylation sites is 2. The number of carbonyl (C=O) groups excluding carboxylic acids is 2. The molecular formula is C21H17BrN4O2S. The van der Waals surface area contributed by atoms with Crippen LogP contribution in [0.5, 0.6) is 0 Å². The highest BCUT2D eigenvalue weighted by Gasteiger charge is 2.16. The molecule has 4 rings (SSSR count). The van der Waals surface area contributed by atoms with Crippen molar-refractivity contribution in [1.82, 2.24) is 14.5 Å². The Morgan fingerprint density at radius 2 is 1.86 bits per heavy atom. The third-order valence-corrected chi connectivity index (χ3v) is 6.01. The third-order valence-electron chi connectivity index (χ3n) is 4.39. The molecule has 29 heavy (non-hydrogen) atoms. The molecule has 146 valence electrons. The van der Waals surface area contributed by atoms with Crippen LogP contribution in [0.4, 0.5) is 5.69 Å². The molecule has 2 aromatic carbocycles. The van der Waals surface area contributed by atoms with Gasteiger partial charge in [-0.05, 0) is 64.5 Å². The van der Waals surface area contributed by atoms with Gasteiger partial charge in [-0.3, -0.25) is 14.2 Å². The number of amides is 2. The lowest BCUT2D eigenvalue weighted by Gasteiger charge is -2.16. The summed E-state index contributed by atoms with van der Waals surface area (Å²) < 4.78 is 2.87. The van der Waals surface area contributed by atoms with Crippen LogP contribution in [-0.2, 0) is 4.79 Å². The van der Waals surface area contributed by atoms with Crippen molar-refractivity contribution in [2.75, 3.05) is 18.9 Å². The molecule has 2 amide bonds. The molecule has 2 aromatic heterocycles. The first-order valence-corrected chi connectivity index (χ1v) is 10.5. The number of benzene rings is 2. The van der Waals surface area contributed by atoms with Crippen LogP contribution < -0.4 is 5.32 Å². The number of nitrogens with zero attached hydrogens (tertiary/aromatic N) is 3. The van der Waals surface area contributed by atoms with Gasteiger partial charge in [-0.2, -0.15) is 0 Å². The lowest BCUT2D eigenvalue weighted by atomic mass is 10.2. The van der Waals surface area contributed by atoms with Gasteiger partial charge in [0.15, 0.2) is 0 Å². The standard InChI is InChI=1S/C21H17BrN4O2S/c1-25(21(28)18-10-11-19(22)29-18)12-20(27)24-14-6-8-15(9-7-14)26-13-23-16-4-2-3-5-17(16)26/h2-11,13H,12H2,1H3,(H,24,27). The van der Waals surface area contributed by atoms with Gasteiger partial charge in [0.25, 0.3) is 5.91 Å². The maximum Gasteiger partial charge on any atom is 0.264 e. The number of rotatable bonds is 5. The van der Waals surface area contributed by atoms with Gasteiger partial charge in [-0.25, -0.2) is 4.98 Å². The Kier molecular flexibility index (Phi) is 5.46. The number of halogens is 1. The second kappa shape index (κ2) is 8.18. The summed E-state index contributed by atoms with van der Waals surface area (Å²) in [6.45, 7) is -0.0255. The highest BCUT2D eigenvalue weighted by molar-refractivity contribution is 9.11. The molecule has 0 aliphatic carbocycles. The van der Waals surface area contributed by atoms with E-state index in [0.29, 0.717) is 10.6 Å². The molecule has 0 aliphatic heterocycles. The Balaban J connectivity index is 1.41. The van der Waals surface area contributed by atoms with Crippen LogP contribution >= 0.6 is 27.3 Å². The summed E-state index contributed by atoms with van der Waals surface area (Å²) in [5.74, 6) is -0.435. The van der Waals surface area contributed by atoms with Crippen molar-refractivity contribution in [2.45, 2.75) is 0 Å². The van der Waals surface area contributed by atoms with E-state index in [-0.39, 0.29) is 18.4 Å². The SMILES string of the molecule is CN(CC(=O)Nc1ccc(-n2cnc3ccccc32)cc1)C(=O)c1ccc(Br)s1. The fraction of sp³-hybridized carbons (Fsp3) is 0.0952. The van der Waals surface area contributed by atoms with E-state index in [1.54, 1.807) is 19.4 Å². The predicted molar refractivity (Wildman–Crippen MR) is 119 cm³/mol. The first kappa shape index (κ1) is 19.4. The maximum absolute atomic E-state index is 12.4. The number of nitrogens with one attached hydrogen (secondary N) is 1. The Bertz CT molecular complexity index is 1180. The van der Waals surface area contributed by atoms with Gasteiger partial charge >= 0.3 is 0 Å². The third kappa shape index (κ3) is 4.23. The van der Waals surface area contributed by atoms with E-state index in [9.17, 15) is 9.59 Å². The van der Waals surface area contributed by atoms with E-state index in [1.165, 1.54) is 16.2 Å². The molecule has 0 saturated heterocycles. The molecule has 4 aromatic rings. The number of anilines is 1. The molecular weight excluding hydrogens is 452 g/mol. The number of hydrogen-bond acceptors (Lipinski definition) is 4. The quantitative estimate of drug-likeness (QED) is 0.466. The predicted octanol–water partition coefficient (Wildman–Crippen LogP) is 4.56. The Morgan fingerprint density at radius 3 is 2.59 bits per heavy atom. The van der Waals surface area contributed by atoms with Crippen molar-refractivity contribution in [3.05, 3.63) is 75.7 Å². The normalized spacial score (nSPS) is 10.8. The van der Waals surface area contributed by atoms with Crippen molar-refractivity contribution >= 4 is 55.8 Å². The minimum Gasteiger partial charge on any atom is -0.332 e. The number of hydrogen-bond donors (Lipinski definition) is 1. The highest BCUT2D eigenvalue weighted by atomic mass is 79.9. The van der Waals surface area contributed by atoms with E-state index >= 15 is 0 Å². The van der Waals surface area contributed by atoms with Gasteiger partial charge in [0, 0.05) is 18.4 Å². The Labute approximate surface area is 179 Å². The highest BCUT2D eigenvalue weighted by Crippen LogP contribution is 2.23. The average molecular weight is 469 g/mol. The monoisotopic (exact) mass is 468 g/mol. The average Bonchev–Trinajstić information content (AvgIpc) is 3.34. The maximum atomic E-state index is 12.4. The van der Waals surface area contributed by atoms with Gasteiger partial charge in [-0.15, -0.1) is 11.3 Å². The van der Waals surface area contributed by atoms with Crippen molar-refractivity contribution in [1.29, 1.82) is 0 Å². The molecule has 0 saturated carbocycles. The van der Waals surface area contributed by atoms with Crippen LogP contribution in [-0.4, -0.2) is 39.9 Å². The first-order valence-electron chi connectivity index (χ1n) is 8.84. The largest absolute Gasteiger partial charge is 0.332 e. The fourth-order valence-corrected chi connectivity index (χ4v) is 4.36. The zero-order valence-electron chi connectivity index (χ0n) is 15.5. The van der Waals surface area contributed by atoms with Gasteiger partial charge in [0.2, 0.25) is 5.91 Å². The molecule has 2 heterocycles.